The van der Waals surface area contributed by atoms with Crippen LogP contribution in [0.3, 0.4) is 0 Å². The van der Waals surface area contributed by atoms with E-state index >= 15 is 0 Å². The van der Waals surface area contributed by atoms with E-state index in [1.165, 1.54) is 18.9 Å². The fourth-order valence-electron chi connectivity index (χ4n) is 3.19. The maximum absolute atomic E-state index is 13.3. The Morgan fingerprint density at radius 1 is 1.30 bits per heavy atom. The first-order chi connectivity index (χ1) is 12.7. The average molecular weight is 507 g/mol. The van der Waals surface area contributed by atoms with Crippen molar-refractivity contribution in [3.8, 4) is 0 Å². The van der Waals surface area contributed by atoms with Gasteiger partial charge in [-0.2, -0.15) is 0 Å². The van der Waals surface area contributed by atoms with Crippen molar-refractivity contribution in [3.05, 3.63) is 58.8 Å². The lowest BCUT2D eigenvalue weighted by Crippen LogP contribution is -2.42. The summed E-state index contributed by atoms with van der Waals surface area (Å²) in [5.41, 5.74) is 0.890. The summed E-state index contributed by atoms with van der Waals surface area (Å²) in [7, 11) is 1.73. The molecule has 1 aliphatic heterocycles. The molecule has 5 nitrogen and oxygen atoms in total. The molecule has 1 saturated heterocycles. The molecular weight excluding hydrogens is 482 g/mol. The predicted octanol–water partition coefficient (Wildman–Crippen LogP) is 4.19. The largest absolute Gasteiger partial charge is 0.468 e. The molecule has 0 saturated carbocycles. The average Bonchev–Trinajstić information content (AvgIpc) is 3.35. The Kier molecular flexibility index (Phi) is 8.85. The Balaban J connectivity index is 0.00000261. The quantitative estimate of drug-likeness (QED) is 0.350. The van der Waals surface area contributed by atoms with Gasteiger partial charge in [-0.3, -0.25) is 9.89 Å². The second kappa shape index (κ2) is 10.9. The Labute approximate surface area is 181 Å². The van der Waals surface area contributed by atoms with Gasteiger partial charge in [0.2, 0.25) is 0 Å². The SMILES string of the molecule is CN=C(NCc1ccc(F)c(Cl)c1)NCC(c1ccco1)N1CCCC1.I. The molecule has 2 N–H and O–H groups in total. The molecule has 1 unspecified atom stereocenters. The van der Waals surface area contributed by atoms with Gasteiger partial charge >= 0.3 is 0 Å². The van der Waals surface area contributed by atoms with Gasteiger partial charge in [-0.1, -0.05) is 17.7 Å². The van der Waals surface area contributed by atoms with Gasteiger partial charge in [-0.05, 0) is 55.8 Å². The van der Waals surface area contributed by atoms with Crippen LogP contribution in [0.15, 0.2) is 46.0 Å². The van der Waals surface area contributed by atoms with E-state index < -0.39 is 5.82 Å². The van der Waals surface area contributed by atoms with E-state index in [1.54, 1.807) is 25.4 Å². The molecule has 1 aromatic heterocycles. The van der Waals surface area contributed by atoms with Crippen molar-refractivity contribution in [1.29, 1.82) is 0 Å². The molecule has 1 aromatic carbocycles. The molecule has 0 bridgehead atoms. The van der Waals surface area contributed by atoms with Crippen LogP contribution >= 0.6 is 35.6 Å². The zero-order valence-corrected chi connectivity index (χ0v) is 18.3. The number of likely N-dealkylation sites (tertiary alicyclic amines) is 1. The molecular formula is C19H25ClFIN4O. The van der Waals surface area contributed by atoms with Crippen molar-refractivity contribution in [3.63, 3.8) is 0 Å². The molecule has 0 spiro atoms. The van der Waals surface area contributed by atoms with Crippen LogP contribution in [0, 0.1) is 5.82 Å². The van der Waals surface area contributed by atoms with Gasteiger partial charge in [0.25, 0.3) is 0 Å². The highest BCUT2D eigenvalue weighted by Crippen LogP contribution is 2.24. The van der Waals surface area contributed by atoms with E-state index in [0.29, 0.717) is 19.0 Å². The normalized spacial score (nSPS) is 16.0. The fraction of sp³-hybridized carbons (Fsp3) is 0.421. The number of benzene rings is 1. The number of nitrogens with one attached hydrogen (secondary N) is 2. The van der Waals surface area contributed by atoms with Crippen LogP contribution in [0.2, 0.25) is 5.02 Å². The molecule has 0 amide bonds. The molecule has 1 aliphatic rings. The summed E-state index contributed by atoms with van der Waals surface area (Å²) in [6.07, 6.45) is 4.15. The highest BCUT2D eigenvalue weighted by Gasteiger charge is 2.25. The standard InChI is InChI=1S/C19H24ClFN4O.HI/c1-22-19(23-12-14-6-7-16(21)15(20)11-14)24-13-17(18-5-4-10-26-18)25-8-2-3-9-25;/h4-7,10-11,17H,2-3,8-9,12-13H2,1H3,(H2,22,23,24);1H. The van der Waals surface area contributed by atoms with E-state index in [2.05, 4.69) is 20.5 Å². The van der Waals surface area contributed by atoms with Crippen LogP contribution in [0.4, 0.5) is 4.39 Å². The third kappa shape index (κ3) is 6.08. The van der Waals surface area contributed by atoms with Gasteiger partial charge in [0.15, 0.2) is 5.96 Å². The zero-order valence-electron chi connectivity index (χ0n) is 15.3. The van der Waals surface area contributed by atoms with Gasteiger partial charge in [-0.15, -0.1) is 24.0 Å². The van der Waals surface area contributed by atoms with Gasteiger partial charge in [0, 0.05) is 20.1 Å². The second-order valence-electron chi connectivity index (χ2n) is 6.33. The van der Waals surface area contributed by atoms with Gasteiger partial charge < -0.3 is 15.1 Å². The summed E-state index contributed by atoms with van der Waals surface area (Å²) >= 11 is 5.83. The van der Waals surface area contributed by atoms with Crippen LogP contribution < -0.4 is 10.6 Å². The van der Waals surface area contributed by atoms with Crippen LogP contribution in [-0.4, -0.2) is 37.5 Å². The van der Waals surface area contributed by atoms with Crippen LogP contribution in [0.5, 0.6) is 0 Å². The van der Waals surface area contributed by atoms with Crippen molar-refractivity contribution in [2.24, 2.45) is 4.99 Å². The van der Waals surface area contributed by atoms with E-state index in [1.807, 2.05) is 12.1 Å². The van der Waals surface area contributed by atoms with Crippen molar-refractivity contribution in [2.45, 2.75) is 25.4 Å². The maximum Gasteiger partial charge on any atom is 0.191 e. The number of aliphatic imine (C=N–C) groups is 1. The Morgan fingerprint density at radius 2 is 2.07 bits per heavy atom. The number of hydrogen-bond acceptors (Lipinski definition) is 3. The smallest absolute Gasteiger partial charge is 0.191 e. The van der Waals surface area contributed by atoms with E-state index in [4.69, 9.17) is 16.0 Å². The third-order valence-electron chi connectivity index (χ3n) is 4.58. The lowest BCUT2D eigenvalue weighted by atomic mass is 10.2. The van der Waals surface area contributed by atoms with E-state index in [0.717, 1.165) is 24.4 Å². The summed E-state index contributed by atoms with van der Waals surface area (Å²) < 4.78 is 18.9. The van der Waals surface area contributed by atoms with Crippen molar-refractivity contribution in [1.82, 2.24) is 15.5 Å². The number of halogens is 3. The number of rotatable bonds is 6. The summed E-state index contributed by atoms with van der Waals surface area (Å²) in [6.45, 7) is 3.35. The second-order valence-corrected chi connectivity index (χ2v) is 6.74. The highest BCUT2D eigenvalue weighted by atomic mass is 127. The minimum absolute atomic E-state index is 0. The lowest BCUT2D eigenvalue weighted by Gasteiger charge is -2.26. The molecule has 1 fully saturated rings. The third-order valence-corrected chi connectivity index (χ3v) is 4.87. The molecule has 8 heteroatoms. The van der Waals surface area contributed by atoms with Gasteiger partial charge in [0.05, 0.1) is 17.3 Å². The van der Waals surface area contributed by atoms with Crippen molar-refractivity contribution < 1.29 is 8.81 Å². The Bertz CT molecular complexity index is 735. The molecule has 3 rings (SSSR count). The summed E-state index contributed by atoms with van der Waals surface area (Å²) in [6, 6.07) is 8.80. The van der Waals surface area contributed by atoms with Crippen LogP contribution in [0.25, 0.3) is 0 Å². The van der Waals surface area contributed by atoms with E-state index in [9.17, 15) is 4.39 Å². The predicted molar refractivity (Wildman–Crippen MR) is 117 cm³/mol. The van der Waals surface area contributed by atoms with Gasteiger partial charge in [0.1, 0.15) is 11.6 Å². The molecule has 2 heterocycles. The zero-order chi connectivity index (χ0) is 18.4. The number of hydrogen-bond donors (Lipinski definition) is 2. The summed E-state index contributed by atoms with van der Waals surface area (Å²) in [5.74, 6) is 1.23. The number of nitrogens with zero attached hydrogens (tertiary/aromatic N) is 2. The summed E-state index contributed by atoms with van der Waals surface area (Å²) in [4.78, 5) is 6.69. The molecule has 2 aromatic rings. The van der Waals surface area contributed by atoms with Gasteiger partial charge in [-0.25, -0.2) is 4.39 Å². The van der Waals surface area contributed by atoms with E-state index in [-0.39, 0.29) is 35.0 Å². The minimum Gasteiger partial charge on any atom is -0.468 e. The first-order valence-corrected chi connectivity index (χ1v) is 9.21. The van der Waals surface area contributed by atoms with Crippen LogP contribution in [0.1, 0.15) is 30.2 Å². The number of furan rings is 1. The lowest BCUT2D eigenvalue weighted by molar-refractivity contribution is 0.215. The monoisotopic (exact) mass is 506 g/mol. The first-order valence-electron chi connectivity index (χ1n) is 8.83. The highest BCUT2D eigenvalue weighted by molar-refractivity contribution is 14.0. The first kappa shape index (κ1) is 22.0. The van der Waals surface area contributed by atoms with Crippen molar-refractivity contribution in [2.75, 3.05) is 26.7 Å². The van der Waals surface area contributed by atoms with Crippen LogP contribution in [-0.2, 0) is 6.54 Å². The molecule has 0 aliphatic carbocycles. The number of guanidine groups is 1. The van der Waals surface area contributed by atoms with Crippen molar-refractivity contribution >= 4 is 41.5 Å². The molecule has 27 heavy (non-hydrogen) atoms. The topological polar surface area (TPSA) is 52.8 Å². The maximum atomic E-state index is 13.3. The molecule has 1 atom stereocenters. The fourth-order valence-corrected chi connectivity index (χ4v) is 3.40. The molecule has 148 valence electrons. The molecule has 0 radical (unpaired) electrons. The minimum atomic E-state index is -0.412. The Morgan fingerprint density at radius 3 is 2.70 bits per heavy atom. The Hall–Kier alpha value is -1.32. The summed E-state index contributed by atoms with van der Waals surface area (Å²) in [5, 5.41) is 6.72.